The molecule has 5 rings (SSSR count). The van der Waals surface area contributed by atoms with Crippen LogP contribution in [0.2, 0.25) is 5.02 Å². The number of hydrogen-bond acceptors (Lipinski definition) is 5. The van der Waals surface area contributed by atoms with E-state index >= 15 is 0 Å². The molecule has 0 saturated heterocycles. The molecule has 2 unspecified atom stereocenters. The minimum atomic E-state index is -0.901. The molecule has 3 N–H and O–H groups in total. The lowest BCUT2D eigenvalue weighted by Crippen LogP contribution is -2.54. The monoisotopic (exact) mass is 495 g/mol. The Morgan fingerprint density at radius 2 is 1.80 bits per heavy atom. The molecule has 0 radical (unpaired) electrons. The third-order valence-corrected chi connectivity index (χ3v) is 7.88. The number of para-hydroxylation sites is 2. The lowest BCUT2D eigenvalue weighted by Gasteiger charge is -2.45. The fourth-order valence-electron chi connectivity index (χ4n) is 5.70. The Morgan fingerprint density at radius 3 is 2.49 bits per heavy atom. The van der Waals surface area contributed by atoms with Gasteiger partial charge in [0.2, 0.25) is 0 Å². The maximum atomic E-state index is 13.4. The topological polar surface area (TPSA) is 90.7 Å². The zero-order valence-electron chi connectivity index (χ0n) is 20.4. The third-order valence-electron chi connectivity index (χ3n) is 7.65. The second kappa shape index (κ2) is 8.29. The molecule has 1 fully saturated rings. The zero-order chi connectivity index (χ0) is 25.2. The van der Waals surface area contributed by atoms with Crippen molar-refractivity contribution in [2.24, 2.45) is 5.92 Å². The smallest absolute Gasteiger partial charge is 0.275 e. The first-order valence-electron chi connectivity index (χ1n) is 11.6. The number of allylic oxidation sites excluding steroid dienone is 1. The summed E-state index contributed by atoms with van der Waals surface area (Å²) >= 11 is 6.26. The quantitative estimate of drug-likeness (QED) is 0.511. The summed E-state index contributed by atoms with van der Waals surface area (Å²) in [5.74, 6) is -0.649. The maximum absolute atomic E-state index is 13.4. The van der Waals surface area contributed by atoms with E-state index in [-0.39, 0.29) is 11.0 Å². The van der Waals surface area contributed by atoms with Crippen LogP contribution < -0.4 is 15.2 Å². The van der Waals surface area contributed by atoms with Crippen LogP contribution in [0.25, 0.3) is 5.69 Å². The molecule has 3 aromatic rings. The number of ether oxygens (including phenoxy) is 1. The standard InChI is InChI=1S/C27H30ClN3O4/c1-14-22(26(34)31(29-14)19-8-6-7-9-20(19)35-5)23-24(32)16(25(23)33)13-21-27(2,3)17-12-15(28)10-11-18(17)30(21)4/h6-13,16,23-25,29,32-33H,1-5H3. The van der Waals surface area contributed by atoms with E-state index in [1.165, 1.54) is 4.68 Å². The molecule has 1 aromatic heterocycles. The van der Waals surface area contributed by atoms with E-state index in [0.29, 0.717) is 27.7 Å². The number of nitrogens with one attached hydrogen (secondary N) is 1. The Morgan fingerprint density at radius 1 is 1.11 bits per heavy atom. The van der Waals surface area contributed by atoms with Crippen LogP contribution in [-0.2, 0) is 5.41 Å². The number of hydrogen-bond donors (Lipinski definition) is 3. The first-order chi connectivity index (χ1) is 16.6. The molecule has 0 bridgehead atoms. The van der Waals surface area contributed by atoms with Gasteiger partial charge in [0.05, 0.1) is 19.3 Å². The van der Waals surface area contributed by atoms with Gasteiger partial charge in [-0.1, -0.05) is 43.7 Å². The number of aromatic nitrogens is 2. The molecule has 0 spiro atoms. The van der Waals surface area contributed by atoms with Gasteiger partial charge in [-0.15, -0.1) is 0 Å². The summed E-state index contributed by atoms with van der Waals surface area (Å²) in [6.45, 7) is 5.99. The summed E-state index contributed by atoms with van der Waals surface area (Å²) in [7, 11) is 3.52. The lowest BCUT2D eigenvalue weighted by atomic mass is 9.65. The highest BCUT2D eigenvalue weighted by atomic mass is 35.5. The Kier molecular flexibility index (Phi) is 5.62. The number of aliphatic hydroxyl groups is 2. The predicted molar refractivity (Wildman–Crippen MR) is 137 cm³/mol. The molecule has 1 saturated carbocycles. The molecule has 184 valence electrons. The largest absolute Gasteiger partial charge is 0.494 e. The molecule has 1 aliphatic heterocycles. The number of halogens is 1. The van der Waals surface area contributed by atoms with Crippen LogP contribution >= 0.6 is 11.6 Å². The van der Waals surface area contributed by atoms with Gasteiger partial charge in [0.1, 0.15) is 11.4 Å². The SMILES string of the molecule is COc1ccccc1-n1[nH]c(C)c(C2C(O)C(C=C3N(C)c4ccc(Cl)cc4C3(C)C)C2O)c1=O. The number of rotatable bonds is 4. The number of methoxy groups -OCH3 is 1. The number of fused-ring (bicyclic) bond motifs is 1. The summed E-state index contributed by atoms with van der Waals surface area (Å²) in [4.78, 5) is 15.5. The maximum Gasteiger partial charge on any atom is 0.275 e. The van der Waals surface area contributed by atoms with Crippen molar-refractivity contribution in [1.29, 1.82) is 0 Å². The first kappa shape index (κ1) is 23.7. The number of H-pyrrole nitrogens is 1. The molecular weight excluding hydrogens is 466 g/mol. The summed E-state index contributed by atoms with van der Waals surface area (Å²) in [5.41, 5.74) is 4.04. The third kappa shape index (κ3) is 3.44. The molecule has 0 amide bonds. The van der Waals surface area contributed by atoms with Crippen molar-refractivity contribution >= 4 is 17.3 Å². The van der Waals surface area contributed by atoms with Gasteiger partial charge in [0.15, 0.2) is 0 Å². The van der Waals surface area contributed by atoms with Crippen molar-refractivity contribution < 1.29 is 14.9 Å². The van der Waals surface area contributed by atoms with Crippen molar-refractivity contribution in [2.75, 3.05) is 19.1 Å². The molecule has 1 aliphatic carbocycles. The van der Waals surface area contributed by atoms with Crippen LogP contribution in [0.15, 0.2) is 59.0 Å². The van der Waals surface area contributed by atoms with Crippen LogP contribution in [0.4, 0.5) is 5.69 Å². The van der Waals surface area contributed by atoms with E-state index in [1.54, 1.807) is 26.2 Å². The van der Waals surface area contributed by atoms with Crippen LogP contribution in [0.3, 0.4) is 0 Å². The van der Waals surface area contributed by atoms with E-state index in [9.17, 15) is 15.0 Å². The number of aliphatic hydroxyl groups excluding tert-OH is 2. The lowest BCUT2D eigenvalue weighted by molar-refractivity contribution is -0.0952. The van der Waals surface area contributed by atoms with Gasteiger partial charge in [0, 0.05) is 52.0 Å². The summed E-state index contributed by atoms with van der Waals surface area (Å²) in [6.07, 6.45) is 0.144. The van der Waals surface area contributed by atoms with Gasteiger partial charge >= 0.3 is 0 Å². The van der Waals surface area contributed by atoms with Crippen LogP contribution in [0, 0.1) is 12.8 Å². The van der Waals surface area contributed by atoms with E-state index < -0.39 is 24.0 Å². The van der Waals surface area contributed by atoms with Crippen LogP contribution in [0.5, 0.6) is 5.75 Å². The second-order valence-corrected chi connectivity index (χ2v) is 10.4. The fraction of sp³-hybridized carbons (Fsp3) is 0.370. The van der Waals surface area contributed by atoms with Gasteiger partial charge < -0.3 is 19.8 Å². The Balaban J connectivity index is 1.48. The van der Waals surface area contributed by atoms with Crippen LogP contribution in [0.1, 0.15) is 36.6 Å². The van der Waals surface area contributed by atoms with Crippen molar-refractivity contribution in [3.63, 3.8) is 0 Å². The van der Waals surface area contributed by atoms with Crippen molar-refractivity contribution in [3.05, 3.63) is 86.4 Å². The molecule has 2 atom stereocenters. The average Bonchev–Trinajstić information content (AvgIpc) is 3.21. The number of aryl methyl sites for hydroxylation is 1. The summed E-state index contributed by atoms with van der Waals surface area (Å²) in [6, 6.07) is 13.0. The summed E-state index contributed by atoms with van der Waals surface area (Å²) < 4.78 is 6.81. The number of likely N-dealkylation sites (N-methyl/N-ethyl adjacent to an activating group) is 1. The Hall–Kier alpha value is -3.00. The van der Waals surface area contributed by atoms with Crippen molar-refractivity contribution in [2.45, 2.75) is 44.3 Å². The van der Waals surface area contributed by atoms with Crippen LogP contribution in [-0.4, -0.2) is 46.4 Å². The average molecular weight is 496 g/mol. The van der Waals surface area contributed by atoms with Gasteiger partial charge in [-0.2, -0.15) is 0 Å². The van der Waals surface area contributed by atoms with Gasteiger partial charge in [-0.25, -0.2) is 4.68 Å². The molecule has 2 aromatic carbocycles. The molecule has 2 heterocycles. The predicted octanol–water partition coefficient (Wildman–Crippen LogP) is 3.88. The Labute approximate surface area is 209 Å². The van der Waals surface area contributed by atoms with Crippen molar-refractivity contribution in [1.82, 2.24) is 9.78 Å². The second-order valence-electron chi connectivity index (χ2n) is 9.94. The number of anilines is 1. The van der Waals surface area contributed by atoms with E-state index in [1.807, 2.05) is 43.5 Å². The minimum Gasteiger partial charge on any atom is -0.494 e. The number of nitrogens with zero attached hydrogens (tertiary/aromatic N) is 2. The van der Waals surface area contributed by atoms with E-state index in [2.05, 4.69) is 23.8 Å². The molecule has 7 nitrogen and oxygen atoms in total. The number of benzene rings is 2. The molecule has 35 heavy (non-hydrogen) atoms. The van der Waals surface area contributed by atoms with Gasteiger partial charge in [0.25, 0.3) is 5.56 Å². The Bertz CT molecular complexity index is 1380. The molecular formula is C27H30ClN3O4. The normalized spacial score (nSPS) is 26.1. The fourth-order valence-corrected chi connectivity index (χ4v) is 5.88. The van der Waals surface area contributed by atoms with Gasteiger partial charge in [-0.3, -0.25) is 9.89 Å². The minimum absolute atomic E-state index is 0.304. The number of aromatic amines is 1. The highest BCUT2D eigenvalue weighted by Gasteiger charge is 2.52. The molecule has 2 aliphatic rings. The van der Waals surface area contributed by atoms with E-state index in [4.69, 9.17) is 16.3 Å². The van der Waals surface area contributed by atoms with Gasteiger partial charge in [-0.05, 0) is 42.8 Å². The highest BCUT2D eigenvalue weighted by Crippen LogP contribution is 2.51. The zero-order valence-corrected chi connectivity index (χ0v) is 21.2. The van der Waals surface area contributed by atoms with Crippen molar-refractivity contribution in [3.8, 4) is 11.4 Å². The first-order valence-corrected chi connectivity index (χ1v) is 12.0. The molecule has 8 heteroatoms. The highest BCUT2D eigenvalue weighted by molar-refractivity contribution is 6.30. The van der Waals surface area contributed by atoms with E-state index in [0.717, 1.165) is 16.9 Å². The summed E-state index contributed by atoms with van der Waals surface area (Å²) in [5, 5.41) is 26.1.